The largest absolute Gasteiger partial charge is 0.481 e. The second-order valence-electron chi connectivity index (χ2n) is 6.72. The normalized spacial score (nSPS) is 19.8. The summed E-state index contributed by atoms with van der Waals surface area (Å²) in [5, 5.41) is 11.8. The van der Waals surface area contributed by atoms with Crippen molar-refractivity contribution in [3.8, 4) is 0 Å². The van der Waals surface area contributed by atoms with E-state index in [-0.39, 0.29) is 23.7 Å². The second-order valence-corrected chi connectivity index (χ2v) is 6.72. The Labute approximate surface area is 109 Å². The van der Waals surface area contributed by atoms with Gasteiger partial charge in [-0.1, -0.05) is 27.7 Å². The van der Waals surface area contributed by atoms with Gasteiger partial charge in [-0.3, -0.25) is 9.59 Å². The van der Waals surface area contributed by atoms with Crippen LogP contribution in [0.15, 0.2) is 0 Å². The lowest BCUT2D eigenvalue weighted by Crippen LogP contribution is -2.55. The second kappa shape index (κ2) is 5.29. The van der Waals surface area contributed by atoms with E-state index in [1.54, 1.807) is 0 Å². The lowest BCUT2D eigenvalue weighted by atomic mass is 9.73. The Hall–Kier alpha value is -1.06. The van der Waals surface area contributed by atoms with Crippen molar-refractivity contribution in [2.24, 2.45) is 11.3 Å². The minimum atomic E-state index is -0.834. The van der Waals surface area contributed by atoms with Gasteiger partial charge in [0, 0.05) is 6.42 Å². The van der Waals surface area contributed by atoms with Crippen LogP contribution in [-0.4, -0.2) is 22.5 Å². The summed E-state index contributed by atoms with van der Waals surface area (Å²) in [7, 11) is 0. The van der Waals surface area contributed by atoms with E-state index in [4.69, 9.17) is 5.11 Å². The molecule has 1 saturated carbocycles. The molecule has 1 atom stereocenters. The van der Waals surface area contributed by atoms with Crippen molar-refractivity contribution in [1.29, 1.82) is 0 Å². The van der Waals surface area contributed by atoms with Crippen molar-refractivity contribution in [3.05, 3.63) is 0 Å². The monoisotopic (exact) mass is 255 g/mol. The lowest BCUT2D eigenvalue weighted by Gasteiger charge is -2.42. The predicted molar refractivity (Wildman–Crippen MR) is 70.2 cm³/mol. The van der Waals surface area contributed by atoms with E-state index >= 15 is 0 Å². The van der Waals surface area contributed by atoms with E-state index in [2.05, 4.69) is 33.0 Å². The van der Waals surface area contributed by atoms with Gasteiger partial charge >= 0.3 is 5.97 Å². The van der Waals surface area contributed by atoms with Gasteiger partial charge in [0.05, 0.1) is 12.0 Å². The minimum absolute atomic E-state index is 0.0154. The van der Waals surface area contributed by atoms with Crippen LogP contribution in [0.5, 0.6) is 0 Å². The molecule has 0 aromatic carbocycles. The van der Waals surface area contributed by atoms with E-state index in [1.165, 1.54) is 0 Å². The molecule has 1 fully saturated rings. The number of carboxylic acids is 1. The average molecular weight is 255 g/mol. The summed E-state index contributed by atoms with van der Waals surface area (Å²) >= 11 is 0. The highest BCUT2D eigenvalue weighted by Gasteiger charge is 2.40. The third-order valence-corrected chi connectivity index (χ3v) is 4.17. The van der Waals surface area contributed by atoms with Crippen LogP contribution in [0.3, 0.4) is 0 Å². The number of carbonyl (C=O) groups is 2. The molecule has 4 heteroatoms. The van der Waals surface area contributed by atoms with Crippen molar-refractivity contribution in [1.82, 2.24) is 5.32 Å². The highest BCUT2D eigenvalue weighted by Crippen LogP contribution is 2.35. The minimum Gasteiger partial charge on any atom is -0.481 e. The van der Waals surface area contributed by atoms with Gasteiger partial charge in [-0.25, -0.2) is 0 Å². The van der Waals surface area contributed by atoms with E-state index in [0.29, 0.717) is 6.42 Å². The number of nitrogens with one attached hydrogen (secondary N) is 1. The number of amides is 1. The molecule has 0 radical (unpaired) electrons. The SMILES string of the molecule is CC(CC(=O)NC1(CC(=O)O)CCC1)C(C)(C)C. The summed E-state index contributed by atoms with van der Waals surface area (Å²) in [6, 6.07) is 0. The first kappa shape index (κ1) is 15.0. The van der Waals surface area contributed by atoms with Crippen molar-refractivity contribution >= 4 is 11.9 Å². The van der Waals surface area contributed by atoms with Gasteiger partial charge in [-0.15, -0.1) is 0 Å². The molecule has 0 aromatic rings. The topological polar surface area (TPSA) is 66.4 Å². The van der Waals surface area contributed by atoms with E-state index in [9.17, 15) is 9.59 Å². The first-order chi connectivity index (χ1) is 8.15. The van der Waals surface area contributed by atoms with Crippen LogP contribution >= 0.6 is 0 Å². The Morgan fingerprint density at radius 2 is 1.89 bits per heavy atom. The van der Waals surface area contributed by atoms with Gasteiger partial charge in [0.15, 0.2) is 0 Å². The summed E-state index contributed by atoms with van der Waals surface area (Å²) in [4.78, 5) is 22.8. The number of carboxylic acid groups (broad SMARTS) is 1. The van der Waals surface area contributed by atoms with Gasteiger partial charge in [0.2, 0.25) is 5.91 Å². The van der Waals surface area contributed by atoms with Crippen LogP contribution in [0.1, 0.15) is 59.8 Å². The molecule has 1 rings (SSSR count). The fourth-order valence-corrected chi connectivity index (χ4v) is 2.17. The van der Waals surface area contributed by atoms with Gasteiger partial charge in [0.1, 0.15) is 0 Å². The number of aliphatic carboxylic acids is 1. The van der Waals surface area contributed by atoms with Gasteiger partial charge in [-0.2, -0.15) is 0 Å². The highest BCUT2D eigenvalue weighted by molar-refractivity contribution is 5.78. The molecule has 1 aliphatic carbocycles. The maximum atomic E-state index is 12.0. The Balaban J connectivity index is 2.51. The molecule has 1 unspecified atom stereocenters. The zero-order chi connectivity index (χ0) is 14.0. The molecule has 1 aliphatic rings. The third-order valence-electron chi connectivity index (χ3n) is 4.17. The molecule has 0 aromatic heterocycles. The van der Waals surface area contributed by atoms with Crippen molar-refractivity contribution in [2.75, 3.05) is 0 Å². The zero-order valence-electron chi connectivity index (χ0n) is 11.9. The standard InChI is InChI=1S/C14H25NO3/c1-10(13(2,3)4)8-11(16)15-14(6-5-7-14)9-12(17)18/h10H,5-9H2,1-4H3,(H,15,16)(H,17,18). The summed E-state index contributed by atoms with van der Waals surface area (Å²) in [6.07, 6.45) is 3.08. The molecule has 0 saturated heterocycles. The molecule has 104 valence electrons. The number of hydrogen-bond acceptors (Lipinski definition) is 2. The summed E-state index contributed by atoms with van der Waals surface area (Å²) < 4.78 is 0. The molecule has 0 bridgehead atoms. The Morgan fingerprint density at radius 1 is 1.33 bits per heavy atom. The van der Waals surface area contributed by atoms with Crippen LogP contribution in [0.25, 0.3) is 0 Å². The maximum Gasteiger partial charge on any atom is 0.305 e. The smallest absolute Gasteiger partial charge is 0.305 e. The summed E-state index contributed by atoms with van der Waals surface area (Å²) in [5.74, 6) is -0.573. The lowest BCUT2D eigenvalue weighted by molar-refractivity contribution is -0.140. The van der Waals surface area contributed by atoms with Crippen molar-refractivity contribution in [3.63, 3.8) is 0 Å². The van der Waals surface area contributed by atoms with Gasteiger partial charge < -0.3 is 10.4 Å². The molecule has 0 heterocycles. The predicted octanol–water partition coefficient (Wildman–Crippen LogP) is 2.57. The number of carbonyl (C=O) groups excluding carboxylic acids is 1. The zero-order valence-corrected chi connectivity index (χ0v) is 11.9. The average Bonchev–Trinajstić information content (AvgIpc) is 2.11. The van der Waals surface area contributed by atoms with Crippen molar-refractivity contribution < 1.29 is 14.7 Å². The Kier molecular flexibility index (Phi) is 4.41. The Morgan fingerprint density at radius 3 is 2.22 bits per heavy atom. The highest BCUT2D eigenvalue weighted by atomic mass is 16.4. The molecule has 2 N–H and O–H groups in total. The quantitative estimate of drug-likeness (QED) is 0.793. The van der Waals surface area contributed by atoms with Crippen molar-refractivity contribution in [2.45, 2.75) is 65.3 Å². The van der Waals surface area contributed by atoms with E-state index in [1.807, 2.05) is 0 Å². The summed E-state index contributed by atoms with van der Waals surface area (Å²) in [6.45, 7) is 8.40. The molecule has 4 nitrogen and oxygen atoms in total. The van der Waals surface area contributed by atoms with Crippen LogP contribution in [-0.2, 0) is 9.59 Å². The molecule has 0 aliphatic heterocycles. The molecular formula is C14H25NO3. The number of hydrogen-bond donors (Lipinski definition) is 2. The van der Waals surface area contributed by atoms with Gasteiger partial charge in [0.25, 0.3) is 0 Å². The van der Waals surface area contributed by atoms with Crippen LogP contribution in [0.4, 0.5) is 0 Å². The Bertz CT molecular complexity index is 326. The fraction of sp³-hybridized carbons (Fsp3) is 0.857. The van der Waals surface area contributed by atoms with E-state index < -0.39 is 11.5 Å². The van der Waals surface area contributed by atoms with Gasteiger partial charge in [-0.05, 0) is 30.6 Å². The van der Waals surface area contributed by atoms with Crippen LogP contribution in [0, 0.1) is 11.3 Å². The molecule has 0 spiro atoms. The molecular weight excluding hydrogens is 230 g/mol. The fourth-order valence-electron chi connectivity index (χ4n) is 2.17. The number of rotatable bonds is 5. The van der Waals surface area contributed by atoms with Crippen LogP contribution in [0.2, 0.25) is 0 Å². The third kappa shape index (κ3) is 4.00. The van der Waals surface area contributed by atoms with E-state index in [0.717, 1.165) is 19.3 Å². The molecule has 18 heavy (non-hydrogen) atoms. The first-order valence-corrected chi connectivity index (χ1v) is 6.67. The molecule has 1 amide bonds. The maximum absolute atomic E-state index is 12.0. The summed E-state index contributed by atoms with van der Waals surface area (Å²) in [5.41, 5.74) is -0.378. The first-order valence-electron chi connectivity index (χ1n) is 6.67. The van der Waals surface area contributed by atoms with Crippen LogP contribution < -0.4 is 5.32 Å².